The molecule has 1 saturated heterocycles. The Morgan fingerprint density at radius 2 is 1.85 bits per heavy atom. The van der Waals surface area contributed by atoms with Crippen LogP contribution in [0.5, 0.6) is 0 Å². The first-order valence-corrected chi connectivity index (χ1v) is 8.15. The van der Waals surface area contributed by atoms with Crippen molar-refractivity contribution in [2.75, 3.05) is 13.1 Å². The largest absolute Gasteiger partial charge is 0.351 e. The second-order valence-corrected chi connectivity index (χ2v) is 7.93. The van der Waals surface area contributed by atoms with Crippen LogP contribution in [0.2, 0.25) is 0 Å². The molecule has 3 rings (SSSR count). The van der Waals surface area contributed by atoms with Crippen LogP contribution in [0.4, 0.5) is 4.79 Å². The van der Waals surface area contributed by atoms with E-state index in [-0.39, 0.29) is 6.03 Å². The number of amides is 2. The van der Waals surface area contributed by atoms with E-state index in [2.05, 4.69) is 26.1 Å². The molecular formula is C16H29N3O. The highest BCUT2D eigenvalue weighted by Gasteiger charge is 2.61. The Morgan fingerprint density at radius 1 is 1.20 bits per heavy atom. The molecule has 114 valence electrons. The molecule has 3 atom stereocenters. The Bertz CT molecular complexity index is 401. The Hall–Kier alpha value is -0.770. The van der Waals surface area contributed by atoms with E-state index in [0.717, 1.165) is 31.8 Å². The van der Waals surface area contributed by atoms with E-state index in [4.69, 9.17) is 5.73 Å². The average molecular weight is 279 g/mol. The van der Waals surface area contributed by atoms with E-state index < -0.39 is 0 Å². The van der Waals surface area contributed by atoms with E-state index in [1.165, 1.54) is 19.3 Å². The lowest BCUT2D eigenvalue weighted by Crippen LogP contribution is -2.53. The summed E-state index contributed by atoms with van der Waals surface area (Å²) >= 11 is 0. The van der Waals surface area contributed by atoms with Gasteiger partial charge in [-0.25, -0.2) is 4.79 Å². The number of hydrogen-bond donors (Lipinski definition) is 2. The minimum Gasteiger partial charge on any atom is -0.351 e. The minimum atomic E-state index is -0.267. The summed E-state index contributed by atoms with van der Waals surface area (Å²) in [4.78, 5) is 12.9. The molecule has 1 aliphatic heterocycles. The van der Waals surface area contributed by atoms with Crippen molar-refractivity contribution in [2.45, 2.75) is 65.0 Å². The van der Waals surface area contributed by atoms with Gasteiger partial charge in [0, 0.05) is 25.2 Å². The lowest BCUT2D eigenvalue weighted by atomic mass is 9.69. The van der Waals surface area contributed by atoms with Gasteiger partial charge in [0.25, 0.3) is 0 Å². The Kier molecular flexibility index (Phi) is 3.27. The van der Waals surface area contributed by atoms with Crippen molar-refractivity contribution in [3.05, 3.63) is 0 Å². The van der Waals surface area contributed by atoms with E-state index in [1.54, 1.807) is 4.90 Å². The normalized spacial score (nSPS) is 40.2. The smallest absolute Gasteiger partial charge is 0.314 e. The van der Waals surface area contributed by atoms with Gasteiger partial charge in [-0.1, -0.05) is 20.8 Å². The number of urea groups is 1. The van der Waals surface area contributed by atoms with E-state index in [0.29, 0.717) is 22.9 Å². The molecule has 0 spiro atoms. The number of primary amides is 1. The first-order chi connectivity index (χ1) is 9.34. The zero-order valence-electron chi connectivity index (χ0n) is 13.1. The number of piperidine rings is 1. The second kappa shape index (κ2) is 4.62. The van der Waals surface area contributed by atoms with E-state index >= 15 is 0 Å². The molecule has 20 heavy (non-hydrogen) atoms. The van der Waals surface area contributed by atoms with Crippen LogP contribution in [-0.4, -0.2) is 36.1 Å². The van der Waals surface area contributed by atoms with Gasteiger partial charge in [-0.3, -0.25) is 0 Å². The summed E-state index contributed by atoms with van der Waals surface area (Å²) < 4.78 is 0. The van der Waals surface area contributed by atoms with Crippen molar-refractivity contribution in [3.63, 3.8) is 0 Å². The number of fused-ring (bicyclic) bond motifs is 2. The Morgan fingerprint density at radius 3 is 2.30 bits per heavy atom. The van der Waals surface area contributed by atoms with Gasteiger partial charge in [0.05, 0.1) is 0 Å². The number of rotatable bonds is 2. The zero-order chi connectivity index (χ0) is 14.5. The summed E-state index contributed by atoms with van der Waals surface area (Å²) in [6.45, 7) is 9.02. The first-order valence-electron chi connectivity index (χ1n) is 8.15. The Balaban J connectivity index is 1.59. The van der Waals surface area contributed by atoms with Gasteiger partial charge in [0.1, 0.15) is 0 Å². The molecule has 0 aromatic carbocycles. The number of nitrogens with one attached hydrogen (secondary N) is 1. The van der Waals surface area contributed by atoms with Crippen LogP contribution >= 0.6 is 0 Å². The van der Waals surface area contributed by atoms with Gasteiger partial charge in [0.2, 0.25) is 0 Å². The fourth-order valence-corrected chi connectivity index (χ4v) is 5.01. The maximum atomic E-state index is 11.2. The fourth-order valence-electron chi connectivity index (χ4n) is 5.01. The number of nitrogens with zero attached hydrogens (tertiary/aromatic N) is 1. The minimum absolute atomic E-state index is 0.267. The van der Waals surface area contributed by atoms with Crippen molar-refractivity contribution >= 4 is 6.03 Å². The number of nitrogens with two attached hydrogens (primary N) is 1. The lowest BCUT2D eigenvalue weighted by Gasteiger charge is -2.42. The molecule has 4 nitrogen and oxygen atoms in total. The quantitative estimate of drug-likeness (QED) is 0.815. The maximum absolute atomic E-state index is 11.2. The fraction of sp³-hybridized carbons (Fsp3) is 0.938. The number of carbonyl (C=O) groups is 1. The van der Waals surface area contributed by atoms with Crippen molar-refractivity contribution in [1.29, 1.82) is 0 Å². The lowest BCUT2D eigenvalue weighted by molar-refractivity contribution is 0.106. The van der Waals surface area contributed by atoms with E-state index in [9.17, 15) is 4.79 Å². The van der Waals surface area contributed by atoms with Gasteiger partial charge in [-0.15, -0.1) is 0 Å². The molecule has 2 aliphatic carbocycles. The second-order valence-electron chi connectivity index (χ2n) is 7.93. The van der Waals surface area contributed by atoms with Gasteiger partial charge in [-0.05, 0) is 48.9 Å². The van der Waals surface area contributed by atoms with Crippen molar-refractivity contribution in [2.24, 2.45) is 22.5 Å². The van der Waals surface area contributed by atoms with Crippen LogP contribution in [0.3, 0.4) is 0 Å². The van der Waals surface area contributed by atoms with Gasteiger partial charge < -0.3 is 16.0 Å². The zero-order valence-corrected chi connectivity index (χ0v) is 13.1. The van der Waals surface area contributed by atoms with Gasteiger partial charge in [-0.2, -0.15) is 0 Å². The molecule has 3 aliphatic rings. The average Bonchev–Trinajstić information content (AvgIpc) is 2.72. The number of hydrogen-bond acceptors (Lipinski definition) is 2. The SMILES string of the molecule is CC1(C)C2CCC1(C)C(NC1CCN(C(N)=O)CC1)C2. The molecule has 0 radical (unpaired) electrons. The number of likely N-dealkylation sites (tertiary alicyclic amines) is 1. The summed E-state index contributed by atoms with van der Waals surface area (Å²) in [5.74, 6) is 0.885. The number of carbonyl (C=O) groups excluding carboxylic acids is 1. The summed E-state index contributed by atoms with van der Waals surface area (Å²) in [7, 11) is 0. The highest BCUT2D eigenvalue weighted by atomic mass is 16.2. The van der Waals surface area contributed by atoms with Gasteiger partial charge in [0.15, 0.2) is 0 Å². The molecule has 2 saturated carbocycles. The summed E-state index contributed by atoms with van der Waals surface area (Å²) in [6, 6.07) is 0.945. The van der Waals surface area contributed by atoms with Crippen LogP contribution in [0.25, 0.3) is 0 Å². The molecule has 3 fully saturated rings. The molecule has 2 bridgehead atoms. The third kappa shape index (κ3) is 1.95. The highest BCUT2D eigenvalue weighted by Crippen LogP contribution is 2.65. The molecule has 4 heteroatoms. The maximum Gasteiger partial charge on any atom is 0.314 e. The third-order valence-electron chi connectivity index (χ3n) is 7.04. The van der Waals surface area contributed by atoms with Crippen molar-refractivity contribution < 1.29 is 4.79 Å². The predicted molar refractivity (Wildman–Crippen MR) is 80.3 cm³/mol. The first kappa shape index (κ1) is 14.2. The van der Waals surface area contributed by atoms with E-state index in [1.807, 2.05) is 0 Å². The van der Waals surface area contributed by atoms with Crippen LogP contribution in [0.15, 0.2) is 0 Å². The predicted octanol–water partition coefficient (Wildman–Crippen LogP) is 2.33. The third-order valence-corrected chi connectivity index (χ3v) is 7.04. The summed E-state index contributed by atoms with van der Waals surface area (Å²) in [5.41, 5.74) is 6.26. The molecule has 3 unspecified atom stereocenters. The molecule has 1 heterocycles. The molecule has 2 amide bonds. The van der Waals surface area contributed by atoms with Crippen LogP contribution in [0.1, 0.15) is 52.9 Å². The van der Waals surface area contributed by atoms with Crippen LogP contribution in [0, 0.1) is 16.7 Å². The summed E-state index contributed by atoms with van der Waals surface area (Å²) in [6.07, 6.45) is 6.19. The topological polar surface area (TPSA) is 58.4 Å². The van der Waals surface area contributed by atoms with Crippen LogP contribution < -0.4 is 11.1 Å². The van der Waals surface area contributed by atoms with Crippen molar-refractivity contribution in [3.8, 4) is 0 Å². The molecular weight excluding hydrogens is 250 g/mol. The van der Waals surface area contributed by atoms with Crippen molar-refractivity contribution in [1.82, 2.24) is 10.2 Å². The molecule has 0 aromatic heterocycles. The van der Waals surface area contributed by atoms with Crippen LogP contribution in [-0.2, 0) is 0 Å². The highest BCUT2D eigenvalue weighted by molar-refractivity contribution is 5.72. The standard InChI is InChI=1S/C16H29N3O/c1-15(2)11-4-7-16(15,3)13(10-11)18-12-5-8-19(9-6-12)14(17)20/h11-13,18H,4-10H2,1-3H3,(H2,17,20). The molecule has 3 N–H and O–H groups in total. The Labute approximate surface area is 122 Å². The monoisotopic (exact) mass is 279 g/mol. The molecule has 0 aromatic rings. The summed E-state index contributed by atoms with van der Waals surface area (Å²) in [5, 5.41) is 3.93. The van der Waals surface area contributed by atoms with Gasteiger partial charge >= 0.3 is 6.03 Å².